The minimum atomic E-state index is -0.722. The highest BCUT2D eigenvalue weighted by Crippen LogP contribution is 2.44. The Kier molecular flexibility index (Phi) is 12.0. The van der Waals surface area contributed by atoms with Crippen molar-refractivity contribution in [2.45, 2.75) is 115 Å². The van der Waals surface area contributed by atoms with Gasteiger partial charge in [0.25, 0.3) is 0 Å². The smallest absolute Gasteiger partial charge is 0.407 e. The van der Waals surface area contributed by atoms with E-state index >= 15 is 0 Å². The van der Waals surface area contributed by atoms with Gasteiger partial charge in [-0.3, -0.25) is 9.59 Å². The van der Waals surface area contributed by atoms with Crippen LogP contribution in [-0.4, -0.2) is 105 Å². The molecule has 4 aliphatic heterocycles. The van der Waals surface area contributed by atoms with Gasteiger partial charge in [0.05, 0.1) is 49.2 Å². The van der Waals surface area contributed by atoms with Crippen molar-refractivity contribution < 1.29 is 38.1 Å². The minimum Gasteiger partial charge on any atom is -0.488 e. The number of carbonyl (C=O) groups is 4. The average molecular weight is 875 g/mol. The molecule has 3 aromatic carbocycles. The van der Waals surface area contributed by atoms with Gasteiger partial charge in [-0.15, -0.1) is 0 Å². The maximum atomic E-state index is 14.4. The molecule has 0 saturated carbocycles. The van der Waals surface area contributed by atoms with E-state index in [1.54, 1.807) is 0 Å². The summed E-state index contributed by atoms with van der Waals surface area (Å²) < 4.78 is 21.8. The molecule has 338 valence electrons. The molecule has 5 aromatic rings. The standard InChI is InChI=1S/C48H58N8O8/c1-7-25(2)40(53-47(59)61-5)45(57)55-26(3)8-14-37(55)43-49-23-36(51-43)30-10-12-32-31(20-30)24-64-39-22-33-29(21-34(32)39)11-13-35-42(33)52-44(50-35)38-15-9-27(4)56(38)46(58)41(54-48(60)62-6)28-16-18-63-19-17-28/h10-13,20-23,25-28,37-38,40-41H,7-9,14-19,24H2,1-6H3,(H,49,51)(H,50,52)(H,53,59)(H,54,60)/t25-,26-,27-,37-,38-,40-,41?/m0/s1. The average Bonchev–Trinajstić information content (AvgIpc) is 4.14. The molecule has 64 heavy (non-hydrogen) atoms. The Labute approximate surface area is 372 Å². The lowest BCUT2D eigenvalue weighted by molar-refractivity contribution is -0.139. The largest absolute Gasteiger partial charge is 0.488 e. The van der Waals surface area contributed by atoms with Gasteiger partial charge in [0, 0.05) is 36.2 Å². The first kappa shape index (κ1) is 43.1. The molecule has 0 aliphatic carbocycles. The fourth-order valence-corrected chi connectivity index (χ4v) is 10.3. The molecule has 16 heteroatoms. The normalized spacial score (nSPS) is 22.3. The first-order valence-corrected chi connectivity index (χ1v) is 22.7. The zero-order valence-corrected chi connectivity index (χ0v) is 37.4. The number of hydrogen-bond donors (Lipinski definition) is 4. The number of aromatic amines is 2. The number of fused-ring (bicyclic) bond motifs is 6. The van der Waals surface area contributed by atoms with Crippen LogP contribution in [0.3, 0.4) is 0 Å². The van der Waals surface area contributed by atoms with Crippen molar-refractivity contribution in [2.24, 2.45) is 11.8 Å². The summed E-state index contributed by atoms with van der Waals surface area (Å²) >= 11 is 0. The Morgan fingerprint density at radius 2 is 1.53 bits per heavy atom. The molecule has 0 radical (unpaired) electrons. The molecule has 4 amide bonds. The van der Waals surface area contributed by atoms with Crippen LogP contribution < -0.4 is 15.4 Å². The number of nitrogens with zero attached hydrogens (tertiary/aromatic N) is 4. The summed E-state index contributed by atoms with van der Waals surface area (Å²) in [5.74, 6) is 1.80. The molecule has 7 atom stereocenters. The number of imidazole rings is 2. The van der Waals surface area contributed by atoms with Crippen LogP contribution in [0.4, 0.5) is 9.59 Å². The Bertz CT molecular complexity index is 2580. The summed E-state index contributed by atoms with van der Waals surface area (Å²) in [5, 5.41) is 7.60. The number of benzene rings is 3. The molecule has 3 fully saturated rings. The summed E-state index contributed by atoms with van der Waals surface area (Å²) in [5.41, 5.74) is 6.59. The second-order valence-electron chi connectivity index (χ2n) is 17.9. The summed E-state index contributed by atoms with van der Waals surface area (Å²) in [6.07, 6.45) is 5.79. The van der Waals surface area contributed by atoms with E-state index in [-0.39, 0.29) is 47.8 Å². The van der Waals surface area contributed by atoms with Gasteiger partial charge in [-0.2, -0.15) is 0 Å². The summed E-state index contributed by atoms with van der Waals surface area (Å²) in [7, 11) is 2.62. The van der Waals surface area contributed by atoms with E-state index in [2.05, 4.69) is 63.9 Å². The van der Waals surface area contributed by atoms with Crippen molar-refractivity contribution in [3.8, 4) is 28.1 Å². The lowest BCUT2D eigenvalue weighted by atomic mass is 9.90. The van der Waals surface area contributed by atoms with Crippen LogP contribution in [0.25, 0.3) is 44.2 Å². The van der Waals surface area contributed by atoms with Gasteiger partial charge in [0.15, 0.2) is 0 Å². The predicted molar refractivity (Wildman–Crippen MR) is 239 cm³/mol. The summed E-state index contributed by atoms with van der Waals surface area (Å²) in [4.78, 5) is 73.9. The van der Waals surface area contributed by atoms with Crippen LogP contribution in [0.15, 0.2) is 48.7 Å². The molecule has 0 bridgehead atoms. The fourth-order valence-electron chi connectivity index (χ4n) is 10.3. The van der Waals surface area contributed by atoms with Crippen molar-refractivity contribution in [1.82, 2.24) is 40.4 Å². The molecule has 4 N–H and O–H groups in total. The van der Waals surface area contributed by atoms with Crippen molar-refractivity contribution in [2.75, 3.05) is 27.4 Å². The summed E-state index contributed by atoms with van der Waals surface area (Å²) in [6, 6.07) is 12.7. The molecule has 9 rings (SSSR count). The van der Waals surface area contributed by atoms with Crippen LogP contribution in [-0.2, 0) is 30.4 Å². The maximum absolute atomic E-state index is 14.4. The van der Waals surface area contributed by atoms with Gasteiger partial charge < -0.3 is 49.3 Å². The van der Waals surface area contributed by atoms with Crippen molar-refractivity contribution in [1.29, 1.82) is 0 Å². The van der Waals surface area contributed by atoms with E-state index in [0.717, 1.165) is 93.4 Å². The third-order valence-corrected chi connectivity index (χ3v) is 14.1. The zero-order chi connectivity index (χ0) is 44.8. The fraction of sp³-hybridized carbons (Fsp3) is 0.500. The lowest BCUT2D eigenvalue weighted by Gasteiger charge is -2.36. The molecule has 1 unspecified atom stereocenters. The second kappa shape index (κ2) is 17.8. The van der Waals surface area contributed by atoms with Gasteiger partial charge in [0.2, 0.25) is 11.8 Å². The molecular formula is C48H58N8O8. The van der Waals surface area contributed by atoms with Crippen molar-refractivity contribution in [3.05, 3.63) is 65.9 Å². The van der Waals surface area contributed by atoms with E-state index in [0.29, 0.717) is 38.5 Å². The van der Waals surface area contributed by atoms with Gasteiger partial charge in [0.1, 0.15) is 36.1 Å². The molecule has 0 spiro atoms. The van der Waals surface area contributed by atoms with E-state index in [4.69, 9.17) is 28.9 Å². The van der Waals surface area contributed by atoms with E-state index < -0.39 is 24.3 Å². The number of likely N-dealkylation sites (tertiary alicyclic amines) is 2. The van der Waals surface area contributed by atoms with E-state index in [1.165, 1.54) is 14.2 Å². The topological polar surface area (TPSA) is 193 Å². The molecule has 4 aliphatic rings. The monoisotopic (exact) mass is 874 g/mol. The number of methoxy groups -OCH3 is 2. The van der Waals surface area contributed by atoms with E-state index in [1.807, 2.05) is 42.8 Å². The highest BCUT2D eigenvalue weighted by Gasteiger charge is 2.44. The lowest BCUT2D eigenvalue weighted by Crippen LogP contribution is -2.54. The zero-order valence-electron chi connectivity index (χ0n) is 37.4. The van der Waals surface area contributed by atoms with Crippen LogP contribution in [0, 0.1) is 11.8 Å². The Morgan fingerprint density at radius 3 is 2.25 bits per heavy atom. The number of alkyl carbamates (subject to hydrolysis) is 2. The minimum absolute atomic E-state index is 0.0176. The number of carbonyl (C=O) groups excluding carboxylic acids is 4. The number of amides is 4. The molecule has 16 nitrogen and oxygen atoms in total. The number of nitrogens with one attached hydrogen (secondary N) is 4. The van der Waals surface area contributed by atoms with Crippen LogP contribution in [0.1, 0.15) is 102 Å². The third kappa shape index (κ3) is 7.90. The third-order valence-electron chi connectivity index (χ3n) is 14.1. The predicted octanol–water partition coefficient (Wildman–Crippen LogP) is 7.69. The molecular weight excluding hydrogens is 817 g/mol. The molecule has 6 heterocycles. The van der Waals surface area contributed by atoms with Gasteiger partial charge in [-0.25, -0.2) is 19.6 Å². The Balaban J connectivity index is 0.963. The number of ether oxygens (including phenoxy) is 4. The van der Waals surface area contributed by atoms with Crippen LogP contribution in [0.2, 0.25) is 0 Å². The Morgan fingerprint density at radius 1 is 0.828 bits per heavy atom. The number of rotatable bonds is 10. The maximum Gasteiger partial charge on any atom is 0.407 e. The van der Waals surface area contributed by atoms with E-state index in [9.17, 15) is 19.2 Å². The molecule has 2 aromatic heterocycles. The Hall–Kier alpha value is -6.16. The quantitative estimate of drug-likeness (QED) is 0.108. The number of aromatic nitrogens is 4. The van der Waals surface area contributed by atoms with Crippen LogP contribution in [0.5, 0.6) is 5.75 Å². The second-order valence-corrected chi connectivity index (χ2v) is 17.9. The van der Waals surface area contributed by atoms with Gasteiger partial charge >= 0.3 is 12.2 Å². The first-order valence-electron chi connectivity index (χ1n) is 22.7. The number of hydrogen-bond acceptors (Lipinski definition) is 10. The SMILES string of the molecule is CC[C@H](C)[C@H](NC(=O)OC)C(=O)N1[C@@H](C)CC[C@H]1c1ncc(-c2ccc3c(c2)COc2cc4c(ccc5[nH]c([C@@H]6CC[C@H](C)N6C(=O)C(NC(=O)OC)C6CCOCC6)nc54)cc2-3)[nH]1. The highest BCUT2D eigenvalue weighted by atomic mass is 16.5. The van der Waals surface area contributed by atoms with Gasteiger partial charge in [-0.1, -0.05) is 38.5 Å². The molecule has 3 saturated heterocycles. The highest BCUT2D eigenvalue weighted by molar-refractivity contribution is 6.07. The van der Waals surface area contributed by atoms with Crippen molar-refractivity contribution >= 4 is 45.8 Å². The summed E-state index contributed by atoms with van der Waals surface area (Å²) in [6.45, 7) is 9.53. The van der Waals surface area contributed by atoms with Crippen molar-refractivity contribution in [3.63, 3.8) is 0 Å². The number of H-pyrrole nitrogens is 2. The van der Waals surface area contributed by atoms with Gasteiger partial charge in [-0.05, 0) is 111 Å². The van der Waals surface area contributed by atoms with Crippen LogP contribution >= 0.6 is 0 Å². The first-order chi connectivity index (χ1) is 31.0.